The predicted octanol–water partition coefficient (Wildman–Crippen LogP) is 6.29. The SMILES string of the molecule is CCNC(=O)[C@H](Cc1ccccc1)N(Cc1ccc(Cl)c(Cl)c1)C(=O)CN(c1cc(OC)ccc1OC)S(=O)(=O)c1ccc(C)cc1. The monoisotopic (exact) mass is 697 g/mol. The molecule has 0 bridgehead atoms. The maximum absolute atomic E-state index is 14.6. The van der Waals surface area contributed by atoms with Crippen molar-refractivity contribution in [2.24, 2.45) is 0 Å². The minimum atomic E-state index is -4.35. The molecule has 0 aliphatic carbocycles. The highest BCUT2D eigenvalue weighted by molar-refractivity contribution is 7.92. The summed E-state index contributed by atoms with van der Waals surface area (Å²) >= 11 is 12.5. The highest BCUT2D eigenvalue weighted by Crippen LogP contribution is 2.36. The van der Waals surface area contributed by atoms with Crippen LogP contribution in [0.5, 0.6) is 11.5 Å². The zero-order valence-corrected chi connectivity index (χ0v) is 28.9. The van der Waals surface area contributed by atoms with Gasteiger partial charge in [-0.25, -0.2) is 8.42 Å². The van der Waals surface area contributed by atoms with Crippen molar-refractivity contribution in [3.63, 3.8) is 0 Å². The largest absolute Gasteiger partial charge is 0.497 e. The third kappa shape index (κ3) is 8.77. The molecule has 0 aliphatic heterocycles. The van der Waals surface area contributed by atoms with Crippen LogP contribution in [0.15, 0.2) is 95.9 Å². The number of rotatable bonds is 14. The van der Waals surface area contributed by atoms with Gasteiger partial charge in [-0.1, -0.05) is 77.3 Å². The van der Waals surface area contributed by atoms with E-state index >= 15 is 0 Å². The quantitative estimate of drug-likeness (QED) is 0.166. The van der Waals surface area contributed by atoms with Crippen molar-refractivity contribution in [3.05, 3.63) is 118 Å². The minimum Gasteiger partial charge on any atom is -0.497 e. The molecule has 4 aromatic rings. The maximum Gasteiger partial charge on any atom is 0.264 e. The Kier molecular flexibility index (Phi) is 12.1. The molecule has 4 rings (SSSR count). The van der Waals surface area contributed by atoms with Crippen molar-refractivity contribution in [1.82, 2.24) is 10.2 Å². The van der Waals surface area contributed by atoms with Gasteiger partial charge in [-0.2, -0.15) is 0 Å². The molecule has 9 nitrogen and oxygen atoms in total. The Morgan fingerprint density at radius 2 is 1.55 bits per heavy atom. The summed E-state index contributed by atoms with van der Waals surface area (Å²) in [6, 6.07) is 24.2. The molecular formula is C35H37Cl2N3O6S. The van der Waals surface area contributed by atoms with E-state index in [2.05, 4.69) is 5.32 Å². The number of hydrogen-bond acceptors (Lipinski definition) is 6. The number of nitrogens with zero attached hydrogens (tertiary/aromatic N) is 2. The van der Waals surface area contributed by atoms with Crippen LogP contribution < -0.4 is 19.1 Å². The van der Waals surface area contributed by atoms with Gasteiger partial charge in [0.05, 0.1) is 34.8 Å². The van der Waals surface area contributed by atoms with Crippen molar-refractivity contribution in [1.29, 1.82) is 0 Å². The topological polar surface area (TPSA) is 105 Å². The number of likely N-dealkylation sites (N-methyl/N-ethyl adjacent to an activating group) is 1. The third-order valence-electron chi connectivity index (χ3n) is 7.50. The van der Waals surface area contributed by atoms with Crippen LogP contribution in [0.25, 0.3) is 0 Å². The molecule has 248 valence electrons. The van der Waals surface area contributed by atoms with Gasteiger partial charge in [0.15, 0.2) is 0 Å². The third-order valence-corrected chi connectivity index (χ3v) is 10.0. The number of benzene rings is 4. The summed E-state index contributed by atoms with van der Waals surface area (Å²) in [5.41, 5.74) is 2.37. The van der Waals surface area contributed by atoms with Gasteiger partial charge in [-0.05, 0) is 61.4 Å². The van der Waals surface area contributed by atoms with Crippen molar-refractivity contribution in [3.8, 4) is 11.5 Å². The number of amides is 2. The zero-order valence-electron chi connectivity index (χ0n) is 26.6. The first-order valence-corrected chi connectivity index (χ1v) is 17.0. The van der Waals surface area contributed by atoms with Crippen molar-refractivity contribution >= 4 is 50.7 Å². The molecule has 0 saturated carbocycles. The molecule has 4 aromatic carbocycles. The lowest BCUT2D eigenvalue weighted by Crippen LogP contribution is -2.53. The van der Waals surface area contributed by atoms with E-state index in [4.69, 9.17) is 32.7 Å². The Labute approximate surface area is 286 Å². The van der Waals surface area contributed by atoms with E-state index in [1.165, 1.54) is 37.3 Å². The summed E-state index contributed by atoms with van der Waals surface area (Å²) in [4.78, 5) is 29.6. The number of nitrogens with one attached hydrogen (secondary N) is 1. The van der Waals surface area contributed by atoms with E-state index < -0.39 is 34.4 Å². The molecule has 12 heteroatoms. The summed E-state index contributed by atoms with van der Waals surface area (Å²) in [6.07, 6.45) is 0.174. The number of hydrogen-bond donors (Lipinski definition) is 1. The van der Waals surface area contributed by atoms with Gasteiger partial charge in [-0.15, -0.1) is 0 Å². The first-order valence-electron chi connectivity index (χ1n) is 14.8. The molecule has 0 fully saturated rings. The number of halogens is 2. The van der Waals surface area contributed by atoms with E-state index in [-0.39, 0.29) is 34.3 Å². The van der Waals surface area contributed by atoms with Crippen molar-refractivity contribution < 1.29 is 27.5 Å². The molecule has 0 spiro atoms. The lowest BCUT2D eigenvalue weighted by Gasteiger charge is -2.34. The van der Waals surface area contributed by atoms with Gasteiger partial charge in [0.1, 0.15) is 24.1 Å². The van der Waals surface area contributed by atoms with Gasteiger partial charge >= 0.3 is 0 Å². The summed E-state index contributed by atoms with van der Waals surface area (Å²) in [5.74, 6) is -0.468. The van der Waals surface area contributed by atoms with Crippen LogP contribution in [0.3, 0.4) is 0 Å². The molecular weight excluding hydrogens is 661 g/mol. The van der Waals surface area contributed by atoms with Crippen LogP contribution in [0.4, 0.5) is 5.69 Å². The Morgan fingerprint density at radius 1 is 0.851 bits per heavy atom. The Hall–Kier alpha value is -4.25. The average molecular weight is 699 g/mol. The van der Waals surface area contributed by atoms with Gasteiger partial charge < -0.3 is 19.7 Å². The van der Waals surface area contributed by atoms with Crippen LogP contribution in [0.2, 0.25) is 10.0 Å². The molecule has 47 heavy (non-hydrogen) atoms. The Balaban J connectivity index is 1.87. The summed E-state index contributed by atoms with van der Waals surface area (Å²) in [6.45, 7) is 3.24. The second-order valence-electron chi connectivity index (χ2n) is 10.7. The number of carbonyl (C=O) groups excluding carboxylic acids is 2. The number of anilines is 1. The van der Waals surface area contributed by atoms with Crippen LogP contribution >= 0.6 is 23.2 Å². The molecule has 0 heterocycles. The van der Waals surface area contributed by atoms with Crippen molar-refractivity contribution in [2.75, 3.05) is 31.6 Å². The second-order valence-corrected chi connectivity index (χ2v) is 13.4. The lowest BCUT2D eigenvalue weighted by atomic mass is 10.0. The van der Waals surface area contributed by atoms with E-state index in [1.807, 2.05) is 37.3 Å². The minimum absolute atomic E-state index is 0.0265. The first kappa shape index (κ1) is 35.6. The zero-order chi connectivity index (χ0) is 34.1. The van der Waals surface area contributed by atoms with E-state index in [0.29, 0.717) is 22.9 Å². The summed E-state index contributed by atoms with van der Waals surface area (Å²) in [5, 5.41) is 3.45. The van der Waals surface area contributed by atoms with Crippen LogP contribution in [-0.2, 0) is 32.6 Å². The molecule has 0 saturated heterocycles. The van der Waals surface area contributed by atoms with Gasteiger partial charge in [0.25, 0.3) is 10.0 Å². The fourth-order valence-corrected chi connectivity index (χ4v) is 6.76. The van der Waals surface area contributed by atoms with Gasteiger partial charge in [0, 0.05) is 25.6 Å². The van der Waals surface area contributed by atoms with Crippen LogP contribution in [0.1, 0.15) is 23.6 Å². The fraction of sp³-hybridized carbons (Fsp3) is 0.257. The van der Waals surface area contributed by atoms with Crippen molar-refractivity contribution in [2.45, 2.75) is 37.8 Å². The van der Waals surface area contributed by atoms with E-state index in [9.17, 15) is 18.0 Å². The average Bonchev–Trinajstić information content (AvgIpc) is 3.07. The van der Waals surface area contributed by atoms with Crippen LogP contribution in [0, 0.1) is 6.92 Å². The Morgan fingerprint density at radius 3 is 2.17 bits per heavy atom. The van der Waals surface area contributed by atoms with Gasteiger partial charge in [0.2, 0.25) is 11.8 Å². The highest BCUT2D eigenvalue weighted by atomic mass is 35.5. The standard InChI is InChI=1S/C35H37Cl2N3O6S/c1-5-38-35(42)32(20-25-9-7-6-8-10-25)39(22-26-13-17-29(36)30(37)19-26)34(41)23-40(31-21-27(45-3)14-18-33(31)46-4)47(43,44)28-15-11-24(2)12-16-28/h6-19,21,32H,5,20,22-23H2,1-4H3,(H,38,42)/t32-/m0/s1. The fourth-order valence-electron chi connectivity index (χ4n) is 5.02. The van der Waals surface area contributed by atoms with Crippen LogP contribution in [-0.4, -0.2) is 58.5 Å². The highest BCUT2D eigenvalue weighted by Gasteiger charge is 2.35. The Bertz CT molecular complexity index is 1800. The van der Waals surface area contributed by atoms with E-state index in [1.54, 1.807) is 49.4 Å². The number of carbonyl (C=O) groups is 2. The first-order chi connectivity index (χ1) is 22.5. The smallest absolute Gasteiger partial charge is 0.264 e. The molecule has 1 N–H and O–H groups in total. The number of methoxy groups -OCH3 is 2. The summed E-state index contributed by atoms with van der Waals surface area (Å²) < 4.78 is 40.7. The summed E-state index contributed by atoms with van der Waals surface area (Å²) in [7, 11) is -1.48. The number of sulfonamides is 1. The number of ether oxygens (including phenoxy) is 2. The maximum atomic E-state index is 14.6. The number of aryl methyl sites for hydroxylation is 1. The van der Waals surface area contributed by atoms with Gasteiger partial charge in [-0.3, -0.25) is 13.9 Å². The molecule has 0 unspecified atom stereocenters. The molecule has 0 aliphatic rings. The molecule has 0 radical (unpaired) electrons. The molecule has 1 atom stereocenters. The predicted molar refractivity (Wildman–Crippen MR) is 185 cm³/mol. The lowest BCUT2D eigenvalue weighted by molar-refractivity contribution is -0.140. The second kappa shape index (κ2) is 16.0. The van der Waals surface area contributed by atoms with E-state index in [0.717, 1.165) is 15.4 Å². The normalized spacial score (nSPS) is 11.8. The molecule has 2 amide bonds. The molecule has 0 aromatic heterocycles.